The largest absolute Gasteiger partial charge is 0.351 e. The van der Waals surface area contributed by atoms with Crippen molar-refractivity contribution >= 4 is 27.6 Å². The number of amides is 2. The van der Waals surface area contributed by atoms with Gasteiger partial charge in [0, 0.05) is 4.47 Å². The SMILES string of the molecule is Cc1cccc(Br)c1NC(N)=O. The van der Waals surface area contributed by atoms with Crippen LogP contribution in [0.3, 0.4) is 0 Å². The maximum atomic E-state index is 10.6. The summed E-state index contributed by atoms with van der Waals surface area (Å²) in [6, 6.07) is 5.09. The van der Waals surface area contributed by atoms with Crippen LogP contribution in [-0.4, -0.2) is 6.03 Å². The molecule has 0 atom stereocenters. The van der Waals surface area contributed by atoms with Crippen LogP contribution < -0.4 is 11.1 Å². The Labute approximate surface area is 79.1 Å². The van der Waals surface area contributed by atoms with E-state index in [-0.39, 0.29) is 0 Å². The van der Waals surface area contributed by atoms with Crippen molar-refractivity contribution in [2.24, 2.45) is 5.73 Å². The fourth-order valence-electron chi connectivity index (χ4n) is 0.913. The number of para-hydroxylation sites is 1. The zero-order valence-electron chi connectivity index (χ0n) is 6.60. The van der Waals surface area contributed by atoms with Crippen LogP contribution in [0.25, 0.3) is 0 Å². The average Bonchev–Trinajstić information content (AvgIpc) is 1.97. The Morgan fingerprint density at radius 3 is 2.75 bits per heavy atom. The van der Waals surface area contributed by atoms with Crippen LogP contribution in [0.1, 0.15) is 5.56 Å². The molecule has 0 aliphatic carbocycles. The van der Waals surface area contributed by atoms with E-state index in [0.29, 0.717) is 0 Å². The summed E-state index contributed by atoms with van der Waals surface area (Å²) in [6.45, 7) is 1.90. The first-order chi connectivity index (χ1) is 5.61. The molecule has 64 valence electrons. The highest BCUT2D eigenvalue weighted by atomic mass is 79.9. The van der Waals surface area contributed by atoms with Gasteiger partial charge in [-0.25, -0.2) is 4.79 Å². The Morgan fingerprint density at radius 1 is 1.58 bits per heavy atom. The number of halogens is 1. The van der Waals surface area contributed by atoms with E-state index in [4.69, 9.17) is 5.73 Å². The lowest BCUT2D eigenvalue weighted by Gasteiger charge is -2.07. The maximum Gasteiger partial charge on any atom is 0.316 e. The molecule has 0 fully saturated rings. The van der Waals surface area contributed by atoms with Crippen LogP contribution in [0.5, 0.6) is 0 Å². The Kier molecular flexibility index (Phi) is 2.70. The molecular formula is C8H9BrN2O. The topological polar surface area (TPSA) is 55.1 Å². The van der Waals surface area contributed by atoms with Crippen molar-refractivity contribution in [2.45, 2.75) is 6.92 Å². The zero-order valence-corrected chi connectivity index (χ0v) is 8.18. The molecule has 0 aromatic heterocycles. The van der Waals surface area contributed by atoms with Gasteiger partial charge in [0.05, 0.1) is 5.69 Å². The number of rotatable bonds is 1. The van der Waals surface area contributed by atoms with Crippen LogP contribution in [0.15, 0.2) is 22.7 Å². The van der Waals surface area contributed by atoms with E-state index < -0.39 is 6.03 Å². The highest BCUT2D eigenvalue weighted by molar-refractivity contribution is 9.10. The second kappa shape index (κ2) is 3.58. The van der Waals surface area contributed by atoms with E-state index in [0.717, 1.165) is 15.7 Å². The number of anilines is 1. The van der Waals surface area contributed by atoms with Gasteiger partial charge in [0.1, 0.15) is 0 Å². The Morgan fingerprint density at radius 2 is 2.25 bits per heavy atom. The number of benzene rings is 1. The van der Waals surface area contributed by atoms with Gasteiger partial charge < -0.3 is 11.1 Å². The molecule has 0 bridgehead atoms. The van der Waals surface area contributed by atoms with E-state index >= 15 is 0 Å². The third-order valence-electron chi connectivity index (χ3n) is 1.47. The molecule has 3 N–H and O–H groups in total. The molecule has 0 saturated heterocycles. The number of hydrogen-bond donors (Lipinski definition) is 2. The zero-order chi connectivity index (χ0) is 9.14. The lowest BCUT2D eigenvalue weighted by molar-refractivity contribution is 0.259. The van der Waals surface area contributed by atoms with Crippen LogP contribution in [0.2, 0.25) is 0 Å². The van der Waals surface area contributed by atoms with Gasteiger partial charge in [-0.3, -0.25) is 0 Å². The quantitative estimate of drug-likeness (QED) is 0.762. The van der Waals surface area contributed by atoms with Gasteiger partial charge in [-0.15, -0.1) is 0 Å². The van der Waals surface area contributed by atoms with E-state index in [1.807, 2.05) is 25.1 Å². The second-order valence-electron chi connectivity index (χ2n) is 2.42. The summed E-state index contributed by atoms with van der Waals surface area (Å²) in [6.07, 6.45) is 0. The van der Waals surface area contributed by atoms with Gasteiger partial charge in [-0.2, -0.15) is 0 Å². The molecule has 0 radical (unpaired) electrons. The normalized spacial score (nSPS) is 9.50. The monoisotopic (exact) mass is 228 g/mol. The fraction of sp³-hybridized carbons (Fsp3) is 0.125. The number of aryl methyl sites for hydroxylation is 1. The molecule has 0 aliphatic rings. The van der Waals surface area contributed by atoms with Crippen molar-refractivity contribution in [3.05, 3.63) is 28.2 Å². The average molecular weight is 229 g/mol. The predicted molar refractivity (Wildman–Crippen MR) is 52.1 cm³/mol. The molecule has 1 rings (SSSR count). The molecule has 3 nitrogen and oxygen atoms in total. The molecule has 0 spiro atoms. The Balaban J connectivity index is 3.04. The van der Waals surface area contributed by atoms with E-state index in [1.165, 1.54) is 0 Å². The highest BCUT2D eigenvalue weighted by Crippen LogP contribution is 2.25. The molecule has 1 aromatic carbocycles. The number of urea groups is 1. The molecule has 0 saturated carbocycles. The summed E-state index contributed by atoms with van der Waals surface area (Å²) in [5.74, 6) is 0. The molecule has 2 amide bonds. The molecule has 1 aromatic rings. The molecule has 0 aliphatic heterocycles. The van der Waals surface area contributed by atoms with Gasteiger partial charge in [-0.1, -0.05) is 12.1 Å². The summed E-state index contributed by atoms with van der Waals surface area (Å²) in [5, 5.41) is 2.53. The number of carbonyl (C=O) groups is 1. The number of hydrogen-bond acceptors (Lipinski definition) is 1. The third-order valence-corrected chi connectivity index (χ3v) is 2.13. The van der Waals surface area contributed by atoms with Crippen molar-refractivity contribution in [2.75, 3.05) is 5.32 Å². The van der Waals surface area contributed by atoms with Crippen LogP contribution in [-0.2, 0) is 0 Å². The van der Waals surface area contributed by atoms with Crippen LogP contribution in [0.4, 0.5) is 10.5 Å². The molecular weight excluding hydrogens is 220 g/mol. The number of nitrogens with one attached hydrogen (secondary N) is 1. The standard InChI is InChI=1S/C8H9BrN2O/c1-5-3-2-4-6(9)7(5)11-8(10)12/h2-4H,1H3,(H3,10,11,12). The third kappa shape index (κ3) is 1.98. The minimum absolute atomic E-state index is 0.551. The van der Waals surface area contributed by atoms with Crippen molar-refractivity contribution in [1.82, 2.24) is 0 Å². The Bertz CT molecular complexity index is 292. The van der Waals surface area contributed by atoms with E-state index in [2.05, 4.69) is 21.2 Å². The van der Waals surface area contributed by atoms with Crippen molar-refractivity contribution in [1.29, 1.82) is 0 Å². The highest BCUT2D eigenvalue weighted by Gasteiger charge is 2.03. The number of carbonyl (C=O) groups excluding carboxylic acids is 1. The lowest BCUT2D eigenvalue weighted by Crippen LogP contribution is -2.20. The van der Waals surface area contributed by atoms with Gasteiger partial charge in [0.25, 0.3) is 0 Å². The molecule has 0 heterocycles. The first-order valence-electron chi connectivity index (χ1n) is 3.43. The van der Waals surface area contributed by atoms with Crippen LogP contribution >= 0.6 is 15.9 Å². The van der Waals surface area contributed by atoms with Gasteiger partial charge >= 0.3 is 6.03 Å². The fourth-order valence-corrected chi connectivity index (χ4v) is 1.48. The summed E-state index contributed by atoms with van der Waals surface area (Å²) < 4.78 is 0.835. The first-order valence-corrected chi connectivity index (χ1v) is 4.22. The maximum absolute atomic E-state index is 10.6. The van der Waals surface area contributed by atoms with Crippen molar-refractivity contribution in [3.63, 3.8) is 0 Å². The molecule has 12 heavy (non-hydrogen) atoms. The van der Waals surface area contributed by atoms with Gasteiger partial charge in [-0.05, 0) is 34.5 Å². The summed E-state index contributed by atoms with van der Waals surface area (Å²) in [4.78, 5) is 10.6. The summed E-state index contributed by atoms with van der Waals surface area (Å²) >= 11 is 3.31. The molecule has 0 unspecified atom stereocenters. The smallest absolute Gasteiger partial charge is 0.316 e. The summed E-state index contributed by atoms with van der Waals surface area (Å²) in [7, 11) is 0. The minimum Gasteiger partial charge on any atom is -0.351 e. The predicted octanol–water partition coefficient (Wildman–Crippen LogP) is 2.25. The number of nitrogens with two attached hydrogens (primary N) is 1. The van der Waals surface area contributed by atoms with Crippen LogP contribution in [0, 0.1) is 6.92 Å². The van der Waals surface area contributed by atoms with E-state index in [9.17, 15) is 4.79 Å². The first kappa shape index (κ1) is 9.06. The van der Waals surface area contributed by atoms with Gasteiger partial charge in [0.2, 0.25) is 0 Å². The number of primary amides is 1. The second-order valence-corrected chi connectivity index (χ2v) is 3.28. The Hall–Kier alpha value is -1.03. The van der Waals surface area contributed by atoms with E-state index in [1.54, 1.807) is 0 Å². The van der Waals surface area contributed by atoms with Crippen molar-refractivity contribution in [3.8, 4) is 0 Å². The summed E-state index contributed by atoms with van der Waals surface area (Å²) in [5.41, 5.74) is 6.69. The minimum atomic E-state index is -0.551. The lowest BCUT2D eigenvalue weighted by atomic mass is 10.2. The molecule has 4 heteroatoms. The van der Waals surface area contributed by atoms with Crippen molar-refractivity contribution < 1.29 is 4.79 Å². The van der Waals surface area contributed by atoms with Gasteiger partial charge in [0.15, 0.2) is 0 Å².